The van der Waals surface area contributed by atoms with Gasteiger partial charge >= 0.3 is 5.97 Å². The smallest absolute Gasteiger partial charge is 0.347 e. The standard InChI is InChI=1S/C23H29NO4/c1-2-27-23(26)21-20(28-19-12-8-3-4-9-13-19)16-18(24-22(21)25)15-14-17-10-6-5-7-11-17/h5-7,10-11,16,19H,2-4,8-9,12-15H2,1H3,(H,24,25). The Morgan fingerprint density at radius 1 is 1.07 bits per heavy atom. The van der Waals surface area contributed by atoms with Crippen molar-refractivity contribution in [1.82, 2.24) is 4.98 Å². The van der Waals surface area contributed by atoms with Gasteiger partial charge in [0, 0.05) is 11.8 Å². The van der Waals surface area contributed by atoms with E-state index in [0.29, 0.717) is 12.2 Å². The lowest BCUT2D eigenvalue weighted by atomic mass is 10.1. The van der Waals surface area contributed by atoms with Crippen molar-refractivity contribution in [3.63, 3.8) is 0 Å². The van der Waals surface area contributed by atoms with Crippen LogP contribution in [-0.4, -0.2) is 23.7 Å². The number of hydrogen-bond donors (Lipinski definition) is 1. The third kappa shape index (κ3) is 5.47. The largest absolute Gasteiger partial charge is 0.489 e. The Morgan fingerprint density at radius 2 is 1.79 bits per heavy atom. The van der Waals surface area contributed by atoms with Crippen LogP contribution in [0, 0.1) is 0 Å². The molecule has 1 N–H and O–H groups in total. The van der Waals surface area contributed by atoms with Gasteiger partial charge in [0.05, 0.1) is 12.7 Å². The molecule has 1 saturated carbocycles. The molecule has 1 fully saturated rings. The van der Waals surface area contributed by atoms with Crippen molar-refractivity contribution < 1.29 is 14.3 Å². The second-order valence-corrected chi connectivity index (χ2v) is 7.30. The number of ether oxygens (including phenoxy) is 2. The van der Waals surface area contributed by atoms with Crippen molar-refractivity contribution in [1.29, 1.82) is 0 Å². The number of esters is 1. The molecule has 1 aromatic heterocycles. The molecule has 1 aliphatic rings. The molecule has 0 unspecified atom stereocenters. The highest BCUT2D eigenvalue weighted by Gasteiger charge is 2.23. The van der Waals surface area contributed by atoms with E-state index in [1.165, 1.54) is 18.4 Å². The molecule has 0 amide bonds. The zero-order chi connectivity index (χ0) is 19.8. The number of aromatic nitrogens is 1. The van der Waals surface area contributed by atoms with Crippen LogP contribution in [0.15, 0.2) is 41.2 Å². The van der Waals surface area contributed by atoms with Gasteiger partial charge < -0.3 is 14.5 Å². The topological polar surface area (TPSA) is 68.4 Å². The Morgan fingerprint density at radius 3 is 2.46 bits per heavy atom. The molecule has 1 aromatic carbocycles. The molecule has 5 heteroatoms. The van der Waals surface area contributed by atoms with Gasteiger partial charge in [-0.2, -0.15) is 0 Å². The number of nitrogens with one attached hydrogen (secondary N) is 1. The van der Waals surface area contributed by atoms with Gasteiger partial charge in [-0.1, -0.05) is 43.2 Å². The predicted molar refractivity (Wildman–Crippen MR) is 109 cm³/mol. The molecule has 3 rings (SSSR count). The molecule has 5 nitrogen and oxygen atoms in total. The third-order valence-corrected chi connectivity index (χ3v) is 5.15. The number of aryl methyl sites for hydroxylation is 2. The van der Waals surface area contributed by atoms with E-state index in [1.807, 2.05) is 24.3 Å². The number of pyridine rings is 1. The first-order valence-corrected chi connectivity index (χ1v) is 10.3. The summed E-state index contributed by atoms with van der Waals surface area (Å²) in [6.07, 6.45) is 8.07. The summed E-state index contributed by atoms with van der Waals surface area (Å²) in [4.78, 5) is 27.9. The molecule has 1 heterocycles. The van der Waals surface area contributed by atoms with Crippen molar-refractivity contribution in [3.8, 4) is 5.75 Å². The van der Waals surface area contributed by atoms with Crippen molar-refractivity contribution in [2.45, 2.75) is 64.4 Å². The molecule has 150 valence electrons. The van der Waals surface area contributed by atoms with Gasteiger partial charge in [-0.25, -0.2) is 4.79 Å². The van der Waals surface area contributed by atoms with E-state index in [0.717, 1.165) is 37.8 Å². The van der Waals surface area contributed by atoms with E-state index < -0.39 is 11.5 Å². The minimum absolute atomic E-state index is 0.0189. The number of aromatic amines is 1. The minimum atomic E-state index is -0.623. The Bertz CT molecular complexity index is 820. The lowest BCUT2D eigenvalue weighted by Crippen LogP contribution is -2.25. The minimum Gasteiger partial charge on any atom is -0.489 e. The highest BCUT2D eigenvalue weighted by molar-refractivity contribution is 5.92. The zero-order valence-corrected chi connectivity index (χ0v) is 16.5. The van der Waals surface area contributed by atoms with E-state index in [1.54, 1.807) is 6.92 Å². The summed E-state index contributed by atoms with van der Waals surface area (Å²) in [5.74, 6) is -0.265. The summed E-state index contributed by atoms with van der Waals surface area (Å²) in [5.41, 5.74) is 1.51. The maximum Gasteiger partial charge on any atom is 0.347 e. The molecule has 2 aromatic rings. The summed E-state index contributed by atoms with van der Waals surface area (Å²) in [6.45, 7) is 1.95. The Labute approximate surface area is 166 Å². The van der Waals surface area contributed by atoms with Gasteiger partial charge in [0.25, 0.3) is 5.56 Å². The number of rotatable bonds is 7. The molecule has 0 atom stereocenters. The van der Waals surface area contributed by atoms with E-state index in [-0.39, 0.29) is 18.3 Å². The quantitative estimate of drug-likeness (QED) is 0.567. The maximum absolute atomic E-state index is 12.7. The zero-order valence-electron chi connectivity index (χ0n) is 16.5. The fraction of sp³-hybridized carbons (Fsp3) is 0.478. The highest BCUT2D eigenvalue weighted by atomic mass is 16.5. The molecule has 0 spiro atoms. The predicted octanol–water partition coefficient (Wildman–Crippen LogP) is 4.44. The van der Waals surface area contributed by atoms with Gasteiger partial charge in [0.15, 0.2) is 5.56 Å². The van der Waals surface area contributed by atoms with Crippen LogP contribution >= 0.6 is 0 Å². The monoisotopic (exact) mass is 383 g/mol. The summed E-state index contributed by atoms with van der Waals surface area (Å²) in [7, 11) is 0. The van der Waals surface area contributed by atoms with Gasteiger partial charge in [-0.05, 0) is 51.0 Å². The van der Waals surface area contributed by atoms with Crippen LogP contribution in [0.3, 0.4) is 0 Å². The van der Waals surface area contributed by atoms with Crippen molar-refractivity contribution >= 4 is 5.97 Å². The van der Waals surface area contributed by atoms with Crippen molar-refractivity contribution in [2.75, 3.05) is 6.61 Å². The number of carbonyl (C=O) groups is 1. The van der Waals surface area contributed by atoms with Crippen LogP contribution in [0.25, 0.3) is 0 Å². The van der Waals surface area contributed by atoms with Crippen LogP contribution in [-0.2, 0) is 17.6 Å². The number of carbonyl (C=O) groups excluding carboxylic acids is 1. The summed E-state index contributed by atoms with van der Waals surface area (Å²) < 4.78 is 11.3. The van der Waals surface area contributed by atoms with Gasteiger partial charge in [0.2, 0.25) is 0 Å². The first-order chi connectivity index (χ1) is 13.7. The first kappa shape index (κ1) is 20.2. The molecule has 0 saturated heterocycles. The van der Waals surface area contributed by atoms with Crippen LogP contribution in [0.4, 0.5) is 0 Å². The van der Waals surface area contributed by atoms with E-state index in [4.69, 9.17) is 9.47 Å². The SMILES string of the molecule is CCOC(=O)c1c(OC2CCCCCC2)cc(CCc2ccccc2)[nH]c1=O. The first-order valence-electron chi connectivity index (χ1n) is 10.3. The Hall–Kier alpha value is -2.56. The second-order valence-electron chi connectivity index (χ2n) is 7.30. The van der Waals surface area contributed by atoms with Crippen molar-refractivity contribution in [3.05, 3.63) is 63.6 Å². The average Bonchev–Trinajstić information content (AvgIpc) is 2.96. The molecule has 0 radical (unpaired) electrons. The molecular weight excluding hydrogens is 354 g/mol. The maximum atomic E-state index is 12.7. The number of benzene rings is 1. The molecule has 28 heavy (non-hydrogen) atoms. The lowest BCUT2D eigenvalue weighted by molar-refractivity contribution is 0.0515. The fourth-order valence-electron chi connectivity index (χ4n) is 3.67. The summed E-state index contributed by atoms with van der Waals surface area (Å²) in [5, 5.41) is 0. The third-order valence-electron chi connectivity index (χ3n) is 5.15. The van der Waals surface area contributed by atoms with Crippen LogP contribution in [0.5, 0.6) is 5.75 Å². The van der Waals surface area contributed by atoms with E-state index in [2.05, 4.69) is 17.1 Å². The molecular formula is C23H29NO4. The molecule has 0 bridgehead atoms. The van der Waals surface area contributed by atoms with Gasteiger partial charge in [0.1, 0.15) is 5.75 Å². The van der Waals surface area contributed by atoms with Crippen LogP contribution in [0.1, 0.15) is 67.1 Å². The number of hydrogen-bond acceptors (Lipinski definition) is 4. The van der Waals surface area contributed by atoms with E-state index in [9.17, 15) is 9.59 Å². The van der Waals surface area contributed by atoms with Gasteiger partial charge in [-0.15, -0.1) is 0 Å². The molecule has 0 aliphatic heterocycles. The highest BCUT2D eigenvalue weighted by Crippen LogP contribution is 2.25. The second kappa shape index (κ2) is 10.1. The normalized spacial score (nSPS) is 15.0. The Balaban J connectivity index is 1.84. The number of H-pyrrole nitrogens is 1. The van der Waals surface area contributed by atoms with Gasteiger partial charge in [-0.3, -0.25) is 4.79 Å². The summed E-state index contributed by atoms with van der Waals surface area (Å²) in [6, 6.07) is 11.9. The van der Waals surface area contributed by atoms with E-state index >= 15 is 0 Å². The van der Waals surface area contributed by atoms with Crippen LogP contribution in [0.2, 0.25) is 0 Å². The lowest BCUT2D eigenvalue weighted by Gasteiger charge is -2.19. The van der Waals surface area contributed by atoms with Crippen LogP contribution < -0.4 is 10.3 Å². The molecule has 1 aliphatic carbocycles. The fourth-order valence-corrected chi connectivity index (χ4v) is 3.67. The van der Waals surface area contributed by atoms with Crippen molar-refractivity contribution in [2.24, 2.45) is 0 Å². The summed E-state index contributed by atoms with van der Waals surface area (Å²) >= 11 is 0. The average molecular weight is 383 g/mol. The Kier molecular flexibility index (Phi) is 7.29.